The second-order valence-electron chi connectivity index (χ2n) is 8.43. The lowest BCUT2D eigenvalue weighted by atomic mass is 9.90. The van der Waals surface area contributed by atoms with Crippen molar-refractivity contribution in [3.05, 3.63) is 96.1 Å². The Bertz CT molecular complexity index is 1030. The Balaban J connectivity index is 1.49. The van der Waals surface area contributed by atoms with Gasteiger partial charge >= 0.3 is 0 Å². The van der Waals surface area contributed by atoms with Crippen LogP contribution in [0.5, 0.6) is 0 Å². The summed E-state index contributed by atoms with van der Waals surface area (Å²) in [4.78, 5) is 0. The molecule has 0 aromatic heterocycles. The van der Waals surface area contributed by atoms with Gasteiger partial charge in [-0.3, -0.25) is 0 Å². The average Bonchev–Trinajstić information content (AvgIpc) is 2.82. The molecule has 0 saturated carbocycles. The SMILES string of the molecule is CC=CCC[Si]1CCC(c2ccc(-c3ccccc3-c3ccc(F)c(F)c3)cc2)CC1. The predicted octanol–water partition coefficient (Wildman–Crippen LogP) is 8.64. The van der Waals surface area contributed by atoms with E-state index in [0.717, 1.165) is 16.7 Å². The van der Waals surface area contributed by atoms with Gasteiger partial charge in [0.15, 0.2) is 11.6 Å². The quantitative estimate of drug-likeness (QED) is 0.271. The zero-order chi connectivity index (χ0) is 21.6. The van der Waals surface area contributed by atoms with Crippen molar-refractivity contribution >= 4 is 8.80 Å². The summed E-state index contributed by atoms with van der Waals surface area (Å²) in [5.41, 5.74) is 5.19. The minimum Gasteiger partial charge on any atom is -0.204 e. The van der Waals surface area contributed by atoms with E-state index in [2.05, 4.69) is 43.3 Å². The van der Waals surface area contributed by atoms with Crippen LogP contribution in [0.1, 0.15) is 37.7 Å². The summed E-state index contributed by atoms with van der Waals surface area (Å²) in [6.07, 6.45) is 8.35. The van der Waals surface area contributed by atoms with Gasteiger partial charge in [-0.2, -0.15) is 0 Å². The smallest absolute Gasteiger partial charge is 0.159 e. The van der Waals surface area contributed by atoms with E-state index in [1.165, 1.54) is 55.1 Å². The topological polar surface area (TPSA) is 0 Å². The second-order valence-corrected chi connectivity index (χ2v) is 11.4. The van der Waals surface area contributed by atoms with Crippen LogP contribution in [0.15, 0.2) is 78.9 Å². The molecule has 1 fully saturated rings. The molecular weight excluding hydrogens is 402 g/mol. The van der Waals surface area contributed by atoms with Gasteiger partial charge in [0.05, 0.1) is 0 Å². The number of hydrogen-bond donors (Lipinski definition) is 0. The van der Waals surface area contributed by atoms with Crippen molar-refractivity contribution in [1.29, 1.82) is 0 Å². The monoisotopic (exact) mass is 431 g/mol. The van der Waals surface area contributed by atoms with Gasteiger partial charge in [-0.1, -0.05) is 84.9 Å². The highest BCUT2D eigenvalue weighted by molar-refractivity contribution is 6.59. The Morgan fingerprint density at radius 1 is 0.839 bits per heavy atom. The van der Waals surface area contributed by atoms with E-state index in [9.17, 15) is 8.78 Å². The van der Waals surface area contributed by atoms with E-state index in [4.69, 9.17) is 0 Å². The van der Waals surface area contributed by atoms with Crippen LogP contribution in [0.25, 0.3) is 22.3 Å². The fraction of sp³-hybridized carbons (Fsp3) is 0.286. The molecule has 0 amide bonds. The molecule has 31 heavy (non-hydrogen) atoms. The number of halogens is 2. The lowest BCUT2D eigenvalue weighted by Gasteiger charge is -2.27. The van der Waals surface area contributed by atoms with Crippen LogP contribution in [-0.2, 0) is 0 Å². The Kier molecular flexibility index (Phi) is 7.13. The lowest BCUT2D eigenvalue weighted by molar-refractivity contribution is 0.509. The predicted molar refractivity (Wildman–Crippen MR) is 129 cm³/mol. The standard InChI is InChI=1S/C28H29F2Si/c1-2-3-6-17-31-18-15-22(16-19-31)21-9-11-23(12-10-21)25-7-4-5-8-26(25)24-13-14-27(29)28(30)20-24/h2-5,7-14,20,22H,6,15-19H2,1H3. The summed E-state index contributed by atoms with van der Waals surface area (Å²) in [6.45, 7) is 2.11. The first-order valence-electron chi connectivity index (χ1n) is 11.2. The maximum atomic E-state index is 13.8. The van der Waals surface area contributed by atoms with Crippen molar-refractivity contribution in [2.75, 3.05) is 0 Å². The molecule has 4 rings (SSSR count). The van der Waals surface area contributed by atoms with E-state index in [1.807, 2.05) is 24.3 Å². The molecule has 1 aliphatic rings. The minimum absolute atomic E-state index is 0.162. The lowest BCUT2D eigenvalue weighted by Crippen LogP contribution is -2.20. The Morgan fingerprint density at radius 2 is 1.48 bits per heavy atom. The highest BCUT2D eigenvalue weighted by Gasteiger charge is 2.23. The maximum absolute atomic E-state index is 13.8. The summed E-state index contributed by atoms with van der Waals surface area (Å²) >= 11 is 0. The molecule has 3 heteroatoms. The molecular formula is C28H29F2Si. The number of benzene rings is 3. The molecule has 1 aliphatic heterocycles. The fourth-order valence-electron chi connectivity index (χ4n) is 4.65. The van der Waals surface area contributed by atoms with E-state index in [1.54, 1.807) is 6.07 Å². The van der Waals surface area contributed by atoms with Crippen molar-refractivity contribution in [3.8, 4) is 22.3 Å². The molecule has 1 radical (unpaired) electrons. The fourth-order valence-corrected chi connectivity index (χ4v) is 7.49. The van der Waals surface area contributed by atoms with E-state index < -0.39 is 11.6 Å². The van der Waals surface area contributed by atoms with E-state index >= 15 is 0 Å². The molecule has 0 spiro atoms. The summed E-state index contributed by atoms with van der Waals surface area (Å²) < 4.78 is 27.2. The van der Waals surface area contributed by atoms with Gasteiger partial charge in [-0.05, 0) is 72.1 Å². The van der Waals surface area contributed by atoms with Gasteiger partial charge in [0.1, 0.15) is 0 Å². The number of hydrogen-bond acceptors (Lipinski definition) is 0. The Labute approximate surface area is 186 Å². The van der Waals surface area contributed by atoms with Gasteiger partial charge in [0.25, 0.3) is 0 Å². The van der Waals surface area contributed by atoms with Crippen LogP contribution < -0.4 is 0 Å². The molecule has 0 aliphatic carbocycles. The number of rotatable bonds is 6. The average molecular weight is 432 g/mol. The third kappa shape index (κ3) is 5.22. The molecule has 0 N–H and O–H groups in total. The zero-order valence-corrected chi connectivity index (χ0v) is 19.1. The van der Waals surface area contributed by atoms with Crippen LogP contribution in [0, 0.1) is 11.6 Å². The van der Waals surface area contributed by atoms with Crippen molar-refractivity contribution in [2.24, 2.45) is 0 Å². The third-order valence-electron chi connectivity index (χ3n) is 6.44. The zero-order valence-electron chi connectivity index (χ0n) is 18.1. The molecule has 0 nitrogen and oxygen atoms in total. The largest absolute Gasteiger partial charge is 0.204 e. The first-order valence-corrected chi connectivity index (χ1v) is 13.4. The number of allylic oxidation sites excluding steroid dienone is 2. The maximum Gasteiger partial charge on any atom is 0.159 e. The highest BCUT2D eigenvalue weighted by atomic mass is 28.3. The van der Waals surface area contributed by atoms with Crippen molar-refractivity contribution in [3.63, 3.8) is 0 Å². The molecule has 3 aromatic carbocycles. The minimum atomic E-state index is -0.815. The summed E-state index contributed by atoms with van der Waals surface area (Å²) in [5, 5.41) is 0. The third-order valence-corrected chi connectivity index (χ3v) is 9.43. The van der Waals surface area contributed by atoms with Crippen LogP contribution in [-0.4, -0.2) is 8.80 Å². The molecule has 1 saturated heterocycles. The molecule has 0 bridgehead atoms. The van der Waals surface area contributed by atoms with Gasteiger partial charge < -0.3 is 0 Å². The van der Waals surface area contributed by atoms with Gasteiger partial charge in [-0.25, -0.2) is 8.78 Å². The van der Waals surface area contributed by atoms with Crippen LogP contribution in [0.3, 0.4) is 0 Å². The van der Waals surface area contributed by atoms with Gasteiger partial charge in [0, 0.05) is 8.80 Å². The molecule has 159 valence electrons. The molecule has 1 heterocycles. The van der Waals surface area contributed by atoms with Crippen molar-refractivity contribution in [1.82, 2.24) is 0 Å². The first-order chi connectivity index (χ1) is 15.2. The van der Waals surface area contributed by atoms with Crippen molar-refractivity contribution in [2.45, 2.75) is 50.2 Å². The van der Waals surface area contributed by atoms with Gasteiger partial charge in [-0.15, -0.1) is 0 Å². The van der Waals surface area contributed by atoms with Gasteiger partial charge in [0.2, 0.25) is 0 Å². The van der Waals surface area contributed by atoms with Crippen LogP contribution in [0.2, 0.25) is 18.1 Å². The summed E-state index contributed by atoms with van der Waals surface area (Å²) in [6, 6.07) is 25.2. The summed E-state index contributed by atoms with van der Waals surface area (Å²) in [7, 11) is -0.162. The van der Waals surface area contributed by atoms with Crippen molar-refractivity contribution < 1.29 is 8.78 Å². The Morgan fingerprint density at radius 3 is 2.13 bits per heavy atom. The molecule has 0 unspecified atom stereocenters. The van der Waals surface area contributed by atoms with E-state index in [-0.39, 0.29) is 8.80 Å². The van der Waals surface area contributed by atoms with Crippen LogP contribution in [0.4, 0.5) is 8.78 Å². The Hall–Kier alpha value is -2.52. The first kappa shape index (κ1) is 21.7. The van der Waals surface area contributed by atoms with Crippen LogP contribution >= 0.6 is 0 Å². The summed E-state index contributed by atoms with van der Waals surface area (Å²) in [5.74, 6) is -0.957. The molecule has 3 aromatic rings. The second kappa shape index (κ2) is 10.2. The normalized spacial score (nSPS) is 15.6. The molecule has 0 atom stereocenters. The van der Waals surface area contributed by atoms with E-state index in [0.29, 0.717) is 11.5 Å². The highest BCUT2D eigenvalue weighted by Crippen LogP contribution is 2.37.